The molecular weight excluding hydrogens is 694 g/mol. The molecular formula is C37H53N3O13. The Morgan fingerprint density at radius 3 is 2.06 bits per heavy atom. The predicted molar refractivity (Wildman–Crippen MR) is 188 cm³/mol. The minimum absolute atomic E-state index is 0.0541. The zero-order valence-electron chi connectivity index (χ0n) is 31.7. The predicted octanol–water partition coefficient (Wildman–Crippen LogP) is 4.40. The molecule has 3 amide bonds. The topological polar surface area (TPSA) is 193 Å². The summed E-state index contributed by atoms with van der Waals surface area (Å²) in [6.07, 6.45) is -2.23. The Kier molecular flexibility index (Phi) is 15.9. The second-order valence-electron chi connectivity index (χ2n) is 13.5. The summed E-state index contributed by atoms with van der Waals surface area (Å²) in [5, 5.41) is 2.93. The van der Waals surface area contributed by atoms with E-state index >= 15 is 0 Å². The number of para-hydroxylation sites is 1. The van der Waals surface area contributed by atoms with Crippen molar-refractivity contribution in [3.8, 4) is 0 Å². The number of nitrogens with zero attached hydrogens (tertiary/aromatic N) is 2. The lowest BCUT2D eigenvalue weighted by Gasteiger charge is -2.34. The van der Waals surface area contributed by atoms with Crippen molar-refractivity contribution < 1.29 is 62.0 Å². The van der Waals surface area contributed by atoms with Crippen LogP contribution in [-0.4, -0.2) is 98.3 Å². The number of esters is 2. The van der Waals surface area contributed by atoms with E-state index in [1.54, 1.807) is 39.1 Å². The normalized spacial score (nSPS) is 18.0. The molecule has 16 heteroatoms. The summed E-state index contributed by atoms with van der Waals surface area (Å²) in [4.78, 5) is 94.6. The van der Waals surface area contributed by atoms with E-state index in [0.29, 0.717) is 37.8 Å². The SMILES string of the molecule is CCOC(=O)OC(C)OC(=O)CN1C(=O)C(NC(=O)C2(CC(CC(=O)N(C)C(C)C)C(=O)OC(C)OC(=O)OCC)CCCC2)CCc2ccccc21. The molecule has 53 heavy (non-hydrogen) atoms. The first-order chi connectivity index (χ1) is 25.1. The van der Waals surface area contributed by atoms with Crippen LogP contribution >= 0.6 is 0 Å². The largest absolute Gasteiger partial charge is 0.511 e. The third kappa shape index (κ3) is 12.1. The Hall–Kier alpha value is -4.89. The summed E-state index contributed by atoms with van der Waals surface area (Å²) >= 11 is 0. The smallest absolute Gasteiger partial charge is 0.435 e. The molecule has 0 saturated heterocycles. The Morgan fingerprint density at radius 1 is 0.887 bits per heavy atom. The van der Waals surface area contributed by atoms with Gasteiger partial charge in [-0.1, -0.05) is 31.0 Å². The monoisotopic (exact) mass is 747 g/mol. The number of rotatable bonds is 16. The van der Waals surface area contributed by atoms with E-state index in [9.17, 15) is 33.6 Å². The van der Waals surface area contributed by atoms with Crippen molar-refractivity contribution in [3.63, 3.8) is 0 Å². The first-order valence-corrected chi connectivity index (χ1v) is 18.1. The quantitative estimate of drug-likeness (QED) is 0.142. The van der Waals surface area contributed by atoms with Crippen LogP contribution in [-0.2, 0) is 58.8 Å². The highest BCUT2D eigenvalue weighted by atomic mass is 16.8. The van der Waals surface area contributed by atoms with Gasteiger partial charge >= 0.3 is 24.2 Å². The van der Waals surface area contributed by atoms with Crippen LogP contribution in [0.4, 0.5) is 15.3 Å². The number of benzene rings is 1. The lowest BCUT2D eigenvalue weighted by atomic mass is 9.75. The number of aryl methyl sites for hydroxylation is 1. The van der Waals surface area contributed by atoms with Crippen molar-refractivity contribution in [2.75, 3.05) is 31.7 Å². The number of nitrogens with one attached hydrogen (secondary N) is 1. The molecule has 1 aromatic rings. The van der Waals surface area contributed by atoms with Crippen LogP contribution in [0, 0.1) is 11.3 Å². The fourth-order valence-electron chi connectivity index (χ4n) is 6.49. The van der Waals surface area contributed by atoms with Crippen LogP contribution in [0.25, 0.3) is 0 Å². The Balaban J connectivity index is 1.84. The molecule has 0 bridgehead atoms. The number of fused-ring (bicyclic) bond motifs is 1. The van der Waals surface area contributed by atoms with Gasteiger partial charge in [-0.25, -0.2) is 9.59 Å². The maximum atomic E-state index is 14.4. The molecule has 4 atom stereocenters. The van der Waals surface area contributed by atoms with Gasteiger partial charge in [-0.15, -0.1) is 0 Å². The molecule has 4 unspecified atom stereocenters. The minimum atomic E-state index is -1.32. The first-order valence-electron chi connectivity index (χ1n) is 18.1. The highest BCUT2D eigenvalue weighted by Crippen LogP contribution is 2.45. The van der Waals surface area contributed by atoms with Gasteiger partial charge in [0, 0.05) is 39.0 Å². The van der Waals surface area contributed by atoms with Gasteiger partial charge in [-0.3, -0.25) is 28.9 Å². The van der Waals surface area contributed by atoms with E-state index in [2.05, 4.69) is 5.32 Å². The molecule has 1 heterocycles. The van der Waals surface area contributed by atoms with Crippen LogP contribution < -0.4 is 10.2 Å². The van der Waals surface area contributed by atoms with Crippen molar-refractivity contribution in [2.24, 2.45) is 11.3 Å². The number of hydrogen-bond donors (Lipinski definition) is 1. The molecule has 1 aliphatic heterocycles. The highest BCUT2D eigenvalue weighted by Gasteiger charge is 2.47. The fraction of sp³-hybridized carbons (Fsp3) is 0.649. The molecule has 2 aliphatic rings. The van der Waals surface area contributed by atoms with Gasteiger partial charge in [-0.2, -0.15) is 0 Å². The molecule has 1 N–H and O–H groups in total. The molecule has 0 radical (unpaired) electrons. The molecule has 1 aromatic carbocycles. The molecule has 1 fully saturated rings. The van der Waals surface area contributed by atoms with Crippen molar-refractivity contribution >= 4 is 47.7 Å². The van der Waals surface area contributed by atoms with Crippen molar-refractivity contribution in [1.82, 2.24) is 10.2 Å². The number of hydrogen-bond acceptors (Lipinski definition) is 13. The third-order valence-electron chi connectivity index (χ3n) is 9.37. The number of carbonyl (C=O) groups is 7. The Labute approximate surface area is 310 Å². The molecule has 16 nitrogen and oxygen atoms in total. The molecule has 3 rings (SSSR count). The number of carbonyl (C=O) groups excluding carboxylic acids is 7. The van der Waals surface area contributed by atoms with Crippen LogP contribution in [0.1, 0.15) is 92.1 Å². The summed E-state index contributed by atoms with van der Waals surface area (Å²) in [5.74, 6) is -4.12. The van der Waals surface area contributed by atoms with Gasteiger partial charge in [0.2, 0.25) is 30.3 Å². The van der Waals surface area contributed by atoms with Gasteiger partial charge in [0.15, 0.2) is 0 Å². The van der Waals surface area contributed by atoms with Gasteiger partial charge in [-0.05, 0) is 71.4 Å². The van der Waals surface area contributed by atoms with Crippen molar-refractivity contribution in [2.45, 2.75) is 118 Å². The average Bonchev–Trinajstić information content (AvgIpc) is 3.53. The van der Waals surface area contributed by atoms with E-state index < -0.39 is 72.6 Å². The lowest BCUT2D eigenvalue weighted by Crippen LogP contribution is -2.53. The van der Waals surface area contributed by atoms with E-state index in [4.69, 9.17) is 28.4 Å². The maximum Gasteiger partial charge on any atom is 0.511 e. The minimum Gasteiger partial charge on any atom is -0.435 e. The molecule has 1 saturated carbocycles. The van der Waals surface area contributed by atoms with Crippen molar-refractivity contribution in [3.05, 3.63) is 29.8 Å². The van der Waals surface area contributed by atoms with Crippen LogP contribution in [0.3, 0.4) is 0 Å². The standard InChI is InChI=1S/C37H53N3O13/c1-8-48-35(46)52-24(5)50-31(42)22-40-29-15-11-10-14-26(29)16-17-28(32(40)43)38-34(45)37(18-12-13-19-37)21-27(20-30(41)39(7)23(3)4)33(44)51-25(6)53-36(47)49-9-2/h10-11,14-15,23-25,27-28H,8-9,12-13,16-22H2,1-7H3,(H,38,45). The number of amides is 3. The Morgan fingerprint density at radius 2 is 1.47 bits per heavy atom. The maximum absolute atomic E-state index is 14.4. The summed E-state index contributed by atoms with van der Waals surface area (Å²) in [5.41, 5.74) is 0.108. The summed E-state index contributed by atoms with van der Waals surface area (Å²) < 4.78 is 30.0. The molecule has 294 valence electrons. The molecule has 0 spiro atoms. The number of anilines is 1. The third-order valence-corrected chi connectivity index (χ3v) is 9.37. The van der Waals surface area contributed by atoms with Crippen LogP contribution in [0.2, 0.25) is 0 Å². The lowest BCUT2D eigenvalue weighted by molar-refractivity contribution is -0.175. The van der Waals surface area contributed by atoms with E-state index in [1.165, 1.54) is 23.6 Å². The zero-order valence-corrected chi connectivity index (χ0v) is 31.7. The van der Waals surface area contributed by atoms with E-state index in [0.717, 1.165) is 5.56 Å². The van der Waals surface area contributed by atoms with Crippen molar-refractivity contribution in [1.29, 1.82) is 0 Å². The van der Waals surface area contributed by atoms with Gasteiger partial charge in [0.25, 0.3) is 0 Å². The highest BCUT2D eigenvalue weighted by molar-refractivity contribution is 6.03. The summed E-state index contributed by atoms with van der Waals surface area (Å²) in [6.45, 7) is 9.11. The molecule has 1 aliphatic carbocycles. The van der Waals surface area contributed by atoms with E-state index in [-0.39, 0.29) is 44.4 Å². The second kappa shape index (κ2) is 19.8. The van der Waals surface area contributed by atoms with Crippen LogP contribution in [0.5, 0.6) is 0 Å². The van der Waals surface area contributed by atoms with E-state index in [1.807, 2.05) is 19.9 Å². The summed E-state index contributed by atoms with van der Waals surface area (Å²) in [6, 6.07) is 5.83. The average molecular weight is 748 g/mol. The fourth-order valence-corrected chi connectivity index (χ4v) is 6.49. The zero-order chi connectivity index (χ0) is 39.3. The Bertz CT molecular complexity index is 1480. The van der Waals surface area contributed by atoms with Crippen LogP contribution in [0.15, 0.2) is 24.3 Å². The van der Waals surface area contributed by atoms with Gasteiger partial charge in [0.1, 0.15) is 12.6 Å². The second-order valence-corrected chi connectivity index (χ2v) is 13.5. The number of ether oxygens (including phenoxy) is 6. The van der Waals surface area contributed by atoms with Gasteiger partial charge < -0.3 is 38.6 Å². The summed E-state index contributed by atoms with van der Waals surface area (Å²) in [7, 11) is 1.62. The first kappa shape index (κ1) is 42.5. The molecule has 0 aromatic heterocycles. The van der Waals surface area contributed by atoms with Gasteiger partial charge in [0.05, 0.1) is 24.5 Å².